The Balaban J connectivity index is 1.04. The number of aromatic nitrogens is 4. The highest BCUT2D eigenvalue weighted by atomic mass is 16.3. The van der Waals surface area contributed by atoms with Gasteiger partial charge in [-0.3, -0.25) is 0 Å². The van der Waals surface area contributed by atoms with Crippen molar-refractivity contribution < 1.29 is 4.42 Å². The zero-order valence-electron chi connectivity index (χ0n) is 36.3. The van der Waals surface area contributed by atoms with Crippen molar-refractivity contribution in [2.45, 2.75) is 0 Å². The second-order valence-corrected chi connectivity index (χ2v) is 17.0. The molecular formula is C62H40N4O. The Hall–Kier alpha value is -9.06. The van der Waals surface area contributed by atoms with E-state index in [1.807, 2.05) is 18.2 Å². The fourth-order valence-corrected chi connectivity index (χ4v) is 9.84. The van der Waals surface area contributed by atoms with E-state index >= 15 is 0 Å². The summed E-state index contributed by atoms with van der Waals surface area (Å²) in [7, 11) is 0. The van der Waals surface area contributed by atoms with Gasteiger partial charge >= 0.3 is 0 Å². The first kappa shape index (κ1) is 38.4. The number of rotatable bonds is 8. The fourth-order valence-electron chi connectivity index (χ4n) is 9.84. The SMILES string of the molecule is c1ccc(-c2ccc(-c3cc(-c4cc(-c5ccc6c7ccccc7n(-c7ccccc7)c6c5)cc(-c5ccc6c7ccccc7n(-c7ccccc7)c6c5)c4)nc(-c4ccco4)n3)cc2)cc1. The average Bonchev–Trinajstić information content (AvgIpc) is 4.15. The van der Waals surface area contributed by atoms with Crippen LogP contribution < -0.4 is 0 Å². The van der Waals surface area contributed by atoms with Crippen LogP contribution in [0.15, 0.2) is 247 Å². The summed E-state index contributed by atoms with van der Waals surface area (Å²) in [5.74, 6) is 1.14. The number of para-hydroxylation sites is 4. The summed E-state index contributed by atoms with van der Waals surface area (Å²) in [5, 5.41) is 4.86. The molecule has 0 bridgehead atoms. The summed E-state index contributed by atoms with van der Waals surface area (Å²) in [6.45, 7) is 0. The molecular weight excluding hydrogens is 817 g/mol. The van der Waals surface area contributed by atoms with Gasteiger partial charge in [0.1, 0.15) is 0 Å². The minimum atomic E-state index is 0.527. The molecule has 0 radical (unpaired) electrons. The Morgan fingerprint density at radius 3 is 1.25 bits per heavy atom. The molecule has 0 N–H and O–H groups in total. The van der Waals surface area contributed by atoms with Crippen LogP contribution in [0.2, 0.25) is 0 Å². The summed E-state index contributed by atoms with van der Waals surface area (Å²) in [5.41, 5.74) is 17.1. The monoisotopic (exact) mass is 856 g/mol. The fraction of sp³-hybridized carbons (Fsp3) is 0. The van der Waals surface area contributed by atoms with Gasteiger partial charge in [-0.05, 0) is 118 Å². The van der Waals surface area contributed by atoms with E-state index in [-0.39, 0.29) is 0 Å². The van der Waals surface area contributed by atoms with Crippen LogP contribution >= 0.6 is 0 Å². The zero-order valence-corrected chi connectivity index (χ0v) is 36.3. The number of hydrogen-bond acceptors (Lipinski definition) is 3. The van der Waals surface area contributed by atoms with Crippen molar-refractivity contribution in [1.29, 1.82) is 0 Å². The molecule has 4 aromatic heterocycles. The highest BCUT2D eigenvalue weighted by Gasteiger charge is 2.19. The van der Waals surface area contributed by atoms with Gasteiger partial charge in [-0.15, -0.1) is 0 Å². The third-order valence-electron chi connectivity index (χ3n) is 13.0. The van der Waals surface area contributed by atoms with Gasteiger partial charge in [0.25, 0.3) is 0 Å². The normalized spacial score (nSPS) is 11.6. The van der Waals surface area contributed by atoms with Gasteiger partial charge in [0.05, 0.1) is 39.7 Å². The molecule has 0 unspecified atom stereocenters. The largest absolute Gasteiger partial charge is 0.461 e. The highest BCUT2D eigenvalue weighted by molar-refractivity contribution is 6.11. The molecule has 0 fully saturated rings. The predicted molar refractivity (Wildman–Crippen MR) is 276 cm³/mol. The van der Waals surface area contributed by atoms with Crippen molar-refractivity contribution >= 4 is 43.6 Å². The first-order valence-corrected chi connectivity index (χ1v) is 22.6. The maximum absolute atomic E-state index is 5.96. The van der Waals surface area contributed by atoms with Gasteiger partial charge in [0.15, 0.2) is 11.6 Å². The summed E-state index contributed by atoms with van der Waals surface area (Å²) in [6, 6.07) is 84.3. The maximum atomic E-state index is 5.96. The minimum Gasteiger partial charge on any atom is -0.461 e. The van der Waals surface area contributed by atoms with E-state index < -0.39 is 0 Å². The molecule has 13 rings (SSSR count). The Kier molecular flexibility index (Phi) is 9.10. The van der Waals surface area contributed by atoms with E-state index in [4.69, 9.17) is 14.4 Å². The molecule has 0 saturated heterocycles. The van der Waals surface area contributed by atoms with Crippen molar-refractivity contribution in [2.75, 3.05) is 0 Å². The molecule has 0 aliphatic carbocycles. The third kappa shape index (κ3) is 6.72. The lowest BCUT2D eigenvalue weighted by Crippen LogP contribution is -1.96. The van der Waals surface area contributed by atoms with Crippen LogP contribution in [0.25, 0.3) is 122 Å². The van der Waals surface area contributed by atoms with Crippen LogP contribution in [-0.2, 0) is 0 Å². The van der Waals surface area contributed by atoms with Gasteiger partial charge in [0, 0.05) is 44.0 Å². The molecule has 5 heteroatoms. The second kappa shape index (κ2) is 15.9. The quantitative estimate of drug-likeness (QED) is 0.153. The van der Waals surface area contributed by atoms with Crippen molar-refractivity contribution in [3.63, 3.8) is 0 Å². The zero-order chi connectivity index (χ0) is 44.3. The molecule has 9 aromatic carbocycles. The maximum Gasteiger partial charge on any atom is 0.196 e. The Labute approximate surface area is 387 Å². The van der Waals surface area contributed by atoms with Crippen molar-refractivity contribution in [1.82, 2.24) is 19.1 Å². The summed E-state index contributed by atoms with van der Waals surface area (Å²) in [6.07, 6.45) is 1.67. The molecule has 5 nitrogen and oxygen atoms in total. The summed E-state index contributed by atoms with van der Waals surface area (Å²) >= 11 is 0. The van der Waals surface area contributed by atoms with Crippen LogP contribution in [0.1, 0.15) is 0 Å². The minimum absolute atomic E-state index is 0.527. The van der Waals surface area contributed by atoms with E-state index in [0.29, 0.717) is 11.6 Å². The Morgan fingerprint density at radius 2 is 0.716 bits per heavy atom. The number of furan rings is 1. The standard InChI is InChI=1S/C62H40N4O/c1-4-15-41(16-5-1)42-26-28-43(29-27-42)55-40-56(64-62(63-55)61-25-14-34-67-61)48-36-46(44-30-32-53-51-21-10-12-23-57(51)65(59(53)38-44)49-17-6-2-7-18-49)35-47(37-48)45-31-33-54-52-22-11-13-24-58(52)66(60(54)39-45)50-19-8-3-9-20-50/h1-40H. The van der Waals surface area contributed by atoms with Gasteiger partial charge in [0.2, 0.25) is 0 Å². The van der Waals surface area contributed by atoms with Gasteiger partial charge in [-0.2, -0.15) is 0 Å². The van der Waals surface area contributed by atoms with Crippen molar-refractivity contribution in [2.24, 2.45) is 0 Å². The smallest absolute Gasteiger partial charge is 0.196 e. The van der Waals surface area contributed by atoms with Crippen LogP contribution in [0.3, 0.4) is 0 Å². The molecule has 0 aliphatic rings. The van der Waals surface area contributed by atoms with E-state index in [9.17, 15) is 0 Å². The van der Waals surface area contributed by atoms with Crippen molar-refractivity contribution in [3.05, 3.63) is 243 Å². The van der Waals surface area contributed by atoms with Crippen LogP contribution in [-0.4, -0.2) is 19.1 Å². The molecule has 0 spiro atoms. The Morgan fingerprint density at radius 1 is 0.284 bits per heavy atom. The number of hydrogen-bond donors (Lipinski definition) is 0. The topological polar surface area (TPSA) is 48.8 Å². The number of fused-ring (bicyclic) bond motifs is 6. The van der Waals surface area contributed by atoms with Crippen LogP contribution in [0, 0.1) is 0 Å². The van der Waals surface area contributed by atoms with Gasteiger partial charge in [-0.1, -0.05) is 152 Å². The van der Waals surface area contributed by atoms with Gasteiger partial charge < -0.3 is 13.6 Å². The first-order valence-electron chi connectivity index (χ1n) is 22.6. The number of benzene rings is 9. The molecule has 314 valence electrons. The van der Waals surface area contributed by atoms with E-state index in [2.05, 4.69) is 228 Å². The van der Waals surface area contributed by atoms with E-state index in [1.165, 1.54) is 38.1 Å². The molecule has 13 aromatic rings. The van der Waals surface area contributed by atoms with Gasteiger partial charge in [-0.25, -0.2) is 9.97 Å². The lowest BCUT2D eigenvalue weighted by atomic mass is 9.93. The van der Waals surface area contributed by atoms with Crippen LogP contribution in [0.5, 0.6) is 0 Å². The summed E-state index contributed by atoms with van der Waals surface area (Å²) < 4.78 is 10.7. The molecule has 0 aliphatic heterocycles. The molecule has 0 saturated carbocycles. The number of nitrogens with zero attached hydrogens (tertiary/aromatic N) is 4. The lowest BCUT2D eigenvalue weighted by molar-refractivity contribution is 0.577. The molecule has 0 amide bonds. The van der Waals surface area contributed by atoms with Crippen LogP contribution in [0.4, 0.5) is 0 Å². The van der Waals surface area contributed by atoms with E-state index in [1.54, 1.807) is 6.26 Å². The third-order valence-corrected chi connectivity index (χ3v) is 13.0. The average molecular weight is 857 g/mol. The predicted octanol–water partition coefficient (Wildman–Crippen LogP) is 16.3. The summed E-state index contributed by atoms with van der Waals surface area (Å²) in [4.78, 5) is 10.4. The molecule has 67 heavy (non-hydrogen) atoms. The van der Waals surface area contributed by atoms with Crippen molar-refractivity contribution in [3.8, 4) is 78.9 Å². The Bertz CT molecular complexity index is 3770. The lowest BCUT2D eigenvalue weighted by Gasteiger charge is -2.14. The first-order chi connectivity index (χ1) is 33.2. The highest BCUT2D eigenvalue weighted by Crippen LogP contribution is 2.41. The molecule has 4 heterocycles. The van der Waals surface area contributed by atoms with E-state index in [0.717, 1.165) is 72.7 Å². The molecule has 0 atom stereocenters. The second-order valence-electron chi connectivity index (χ2n) is 17.0.